The summed E-state index contributed by atoms with van der Waals surface area (Å²) in [5, 5.41) is 3.26. The molecule has 3 aromatic rings. The van der Waals surface area contributed by atoms with Gasteiger partial charge in [0.25, 0.3) is 5.56 Å². The lowest BCUT2D eigenvalue weighted by Gasteiger charge is -2.24. The molecule has 1 N–H and O–H groups in total. The van der Waals surface area contributed by atoms with Crippen molar-refractivity contribution in [1.82, 2.24) is 14.9 Å². The maximum atomic E-state index is 13.4. The van der Waals surface area contributed by atoms with Crippen LogP contribution in [0.25, 0.3) is 10.9 Å². The van der Waals surface area contributed by atoms with E-state index in [0.29, 0.717) is 28.7 Å². The second-order valence-electron chi connectivity index (χ2n) is 7.82. The molecule has 158 valence electrons. The van der Waals surface area contributed by atoms with Crippen molar-refractivity contribution < 1.29 is 14.4 Å². The summed E-state index contributed by atoms with van der Waals surface area (Å²) in [5.41, 5.74) is 1.75. The predicted molar refractivity (Wildman–Crippen MR) is 116 cm³/mol. The van der Waals surface area contributed by atoms with Crippen LogP contribution in [0.2, 0.25) is 0 Å². The SMILES string of the molecule is Cc1nc2cccc(CNC(=O)Cc3ccccc3)c2c(=O)n1C1CCC(=O)CC1=O. The number of Topliss-reactive ketones (excluding diaryl/α,β-unsaturated/α-hetero) is 2. The first-order valence-electron chi connectivity index (χ1n) is 10.3. The van der Waals surface area contributed by atoms with Crippen LogP contribution < -0.4 is 10.9 Å². The first kappa shape index (κ1) is 20.7. The second-order valence-corrected chi connectivity index (χ2v) is 7.82. The molecule has 0 aliphatic heterocycles. The molecule has 1 saturated carbocycles. The van der Waals surface area contributed by atoms with Crippen molar-refractivity contribution in [3.05, 3.63) is 75.8 Å². The Balaban J connectivity index is 1.64. The zero-order valence-corrected chi connectivity index (χ0v) is 17.3. The summed E-state index contributed by atoms with van der Waals surface area (Å²) >= 11 is 0. The maximum Gasteiger partial charge on any atom is 0.262 e. The van der Waals surface area contributed by atoms with Gasteiger partial charge in [0.2, 0.25) is 5.91 Å². The van der Waals surface area contributed by atoms with Gasteiger partial charge in [-0.3, -0.25) is 23.7 Å². The van der Waals surface area contributed by atoms with Crippen LogP contribution in [0.4, 0.5) is 0 Å². The van der Waals surface area contributed by atoms with Crippen molar-refractivity contribution in [3.8, 4) is 0 Å². The molecule has 1 heterocycles. The smallest absolute Gasteiger partial charge is 0.262 e. The number of fused-ring (bicyclic) bond motifs is 1. The van der Waals surface area contributed by atoms with Gasteiger partial charge in [-0.1, -0.05) is 42.5 Å². The number of nitrogens with one attached hydrogen (secondary N) is 1. The van der Waals surface area contributed by atoms with Gasteiger partial charge in [0.1, 0.15) is 11.6 Å². The van der Waals surface area contributed by atoms with E-state index >= 15 is 0 Å². The van der Waals surface area contributed by atoms with Gasteiger partial charge in [-0.2, -0.15) is 0 Å². The highest BCUT2D eigenvalue weighted by Gasteiger charge is 2.31. The van der Waals surface area contributed by atoms with Crippen LogP contribution in [0.15, 0.2) is 53.3 Å². The topological polar surface area (TPSA) is 98.1 Å². The van der Waals surface area contributed by atoms with Crippen molar-refractivity contribution >= 4 is 28.4 Å². The molecule has 0 radical (unpaired) electrons. The summed E-state index contributed by atoms with van der Waals surface area (Å²) in [6.45, 7) is 1.87. The molecule has 1 aliphatic carbocycles. The number of hydrogen-bond acceptors (Lipinski definition) is 5. The van der Waals surface area contributed by atoms with Gasteiger partial charge < -0.3 is 5.32 Å². The quantitative estimate of drug-likeness (QED) is 0.643. The Morgan fingerprint density at radius 3 is 2.61 bits per heavy atom. The van der Waals surface area contributed by atoms with Gasteiger partial charge in [0.05, 0.1) is 29.8 Å². The Bertz CT molecular complexity index is 1230. The van der Waals surface area contributed by atoms with E-state index in [2.05, 4.69) is 10.3 Å². The van der Waals surface area contributed by atoms with Crippen molar-refractivity contribution in [1.29, 1.82) is 0 Å². The van der Waals surface area contributed by atoms with Gasteiger partial charge >= 0.3 is 0 Å². The van der Waals surface area contributed by atoms with E-state index in [9.17, 15) is 19.2 Å². The van der Waals surface area contributed by atoms with Crippen molar-refractivity contribution in [2.75, 3.05) is 0 Å². The molecular weight excluding hydrogens is 394 g/mol. The molecule has 0 spiro atoms. The lowest BCUT2D eigenvalue weighted by atomic mass is 9.92. The van der Waals surface area contributed by atoms with Gasteiger partial charge in [-0.15, -0.1) is 0 Å². The third-order valence-electron chi connectivity index (χ3n) is 5.63. The minimum Gasteiger partial charge on any atom is -0.352 e. The molecule has 31 heavy (non-hydrogen) atoms. The van der Waals surface area contributed by atoms with Crippen LogP contribution in [-0.2, 0) is 27.3 Å². The minimum absolute atomic E-state index is 0.0949. The molecule has 4 rings (SSSR count). The fraction of sp³-hybridized carbons (Fsp3) is 0.292. The fourth-order valence-corrected chi connectivity index (χ4v) is 4.11. The molecule has 7 heteroatoms. The van der Waals surface area contributed by atoms with Crippen LogP contribution in [0, 0.1) is 6.92 Å². The zero-order valence-electron chi connectivity index (χ0n) is 17.3. The van der Waals surface area contributed by atoms with Crippen molar-refractivity contribution in [3.63, 3.8) is 0 Å². The summed E-state index contributed by atoms with van der Waals surface area (Å²) in [5.74, 6) is -0.0567. The number of rotatable bonds is 5. The van der Waals surface area contributed by atoms with Crippen LogP contribution in [-0.4, -0.2) is 27.0 Å². The molecule has 1 unspecified atom stereocenters. The van der Waals surface area contributed by atoms with Crippen molar-refractivity contribution in [2.24, 2.45) is 0 Å². The van der Waals surface area contributed by atoms with E-state index in [1.54, 1.807) is 25.1 Å². The number of carbonyl (C=O) groups is 3. The first-order valence-corrected chi connectivity index (χ1v) is 10.3. The fourth-order valence-electron chi connectivity index (χ4n) is 4.11. The number of ketones is 2. The number of aryl methyl sites for hydroxylation is 1. The summed E-state index contributed by atoms with van der Waals surface area (Å²) in [7, 11) is 0. The number of benzene rings is 2. The molecule has 2 aromatic carbocycles. The normalized spacial score (nSPS) is 16.5. The molecule has 1 atom stereocenters. The van der Waals surface area contributed by atoms with Crippen LogP contribution in [0.3, 0.4) is 0 Å². The Morgan fingerprint density at radius 2 is 1.87 bits per heavy atom. The molecular formula is C24H23N3O4. The Hall–Kier alpha value is -3.61. The van der Waals surface area contributed by atoms with Crippen LogP contribution in [0.5, 0.6) is 0 Å². The predicted octanol–water partition coefficient (Wildman–Crippen LogP) is 2.43. The number of carbonyl (C=O) groups excluding carboxylic acids is 3. The van der Waals surface area contributed by atoms with E-state index in [-0.39, 0.29) is 48.8 Å². The molecule has 1 aliphatic rings. The van der Waals surface area contributed by atoms with Gasteiger partial charge in [0.15, 0.2) is 5.78 Å². The number of hydrogen-bond donors (Lipinski definition) is 1. The Labute approximate surface area is 179 Å². The average molecular weight is 417 g/mol. The second kappa shape index (κ2) is 8.63. The van der Waals surface area contributed by atoms with Crippen LogP contribution in [0.1, 0.15) is 42.3 Å². The Kier molecular flexibility index (Phi) is 5.75. The molecule has 7 nitrogen and oxygen atoms in total. The number of aromatic nitrogens is 2. The highest BCUT2D eigenvalue weighted by atomic mass is 16.2. The number of amides is 1. The van der Waals surface area contributed by atoms with Crippen molar-refractivity contribution in [2.45, 2.75) is 45.2 Å². The third-order valence-corrected chi connectivity index (χ3v) is 5.63. The average Bonchev–Trinajstić information content (AvgIpc) is 2.74. The molecule has 0 bridgehead atoms. The lowest BCUT2D eigenvalue weighted by Crippen LogP contribution is -2.36. The standard InChI is InChI=1S/C24H23N3O4/c1-15-26-19-9-5-8-17(14-25-22(30)12-16-6-3-2-4-7-16)23(19)24(31)27(15)20-11-10-18(28)13-21(20)29/h2-9,20H,10-14H2,1H3,(H,25,30). The first-order chi connectivity index (χ1) is 14.9. The summed E-state index contributed by atoms with van der Waals surface area (Å²) < 4.78 is 1.41. The van der Waals surface area contributed by atoms with E-state index in [0.717, 1.165) is 5.56 Å². The maximum absolute atomic E-state index is 13.4. The van der Waals surface area contributed by atoms with Gasteiger partial charge in [-0.05, 0) is 30.5 Å². The largest absolute Gasteiger partial charge is 0.352 e. The zero-order chi connectivity index (χ0) is 22.0. The monoisotopic (exact) mass is 417 g/mol. The van der Waals surface area contributed by atoms with Gasteiger partial charge in [0, 0.05) is 13.0 Å². The molecule has 1 fully saturated rings. The summed E-state index contributed by atoms with van der Waals surface area (Å²) in [6, 6.07) is 14.1. The van der Waals surface area contributed by atoms with E-state index in [1.807, 2.05) is 30.3 Å². The summed E-state index contributed by atoms with van der Waals surface area (Å²) in [6.07, 6.45) is 0.683. The van der Waals surface area contributed by atoms with Crippen LogP contribution >= 0.6 is 0 Å². The minimum atomic E-state index is -0.678. The van der Waals surface area contributed by atoms with Gasteiger partial charge in [-0.25, -0.2) is 4.98 Å². The summed E-state index contributed by atoms with van der Waals surface area (Å²) in [4.78, 5) is 54.4. The lowest BCUT2D eigenvalue weighted by molar-refractivity contribution is -0.132. The van der Waals surface area contributed by atoms with E-state index < -0.39 is 6.04 Å². The molecule has 0 saturated heterocycles. The Morgan fingerprint density at radius 1 is 1.10 bits per heavy atom. The highest BCUT2D eigenvalue weighted by Crippen LogP contribution is 2.24. The molecule has 1 aromatic heterocycles. The van der Waals surface area contributed by atoms with E-state index in [1.165, 1.54) is 4.57 Å². The highest BCUT2D eigenvalue weighted by molar-refractivity contribution is 6.03. The third kappa shape index (κ3) is 4.30. The van der Waals surface area contributed by atoms with E-state index in [4.69, 9.17) is 0 Å². The molecule has 1 amide bonds. The number of nitrogens with zero attached hydrogens (tertiary/aromatic N) is 2.